The molecular weight excluding hydrogens is 458 g/mol. The maximum absolute atomic E-state index is 12.6. The highest BCUT2D eigenvalue weighted by Gasteiger charge is 2.35. The van der Waals surface area contributed by atoms with Crippen LogP contribution in [0.15, 0.2) is 54.8 Å². The van der Waals surface area contributed by atoms with Gasteiger partial charge in [0, 0.05) is 17.7 Å². The van der Waals surface area contributed by atoms with Crippen molar-refractivity contribution in [3.05, 3.63) is 81.6 Å². The number of nitrogens with one attached hydrogen (secondary N) is 1. The Bertz CT molecular complexity index is 1200. The lowest BCUT2D eigenvalue weighted by molar-refractivity contribution is -0.384. The van der Waals surface area contributed by atoms with Gasteiger partial charge in [0.05, 0.1) is 19.1 Å². The lowest BCUT2D eigenvalue weighted by atomic mass is 10.0. The average Bonchev–Trinajstić information content (AvgIpc) is 3.10. The highest BCUT2D eigenvalue weighted by molar-refractivity contribution is 6.15. The number of hydrogen-bond acceptors (Lipinski definition) is 8. The first-order chi connectivity index (χ1) is 16.8. The Labute approximate surface area is 200 Å². The second-order valence-electron chi connectivity index (χ2n) is 7.37. The molecule has 2 aromatic rings. The molecular formula is C24H23N3O8. The predicted molar refractivity (Wildman–Crippen MR) is 125 cm³/mol. The minimum absolute atomic E-state index is 0.00921. The fourth-order valence-electron chi connectivity index (χ4n) is 3.33. The summed E-state index contributed by atoms with van der Waals surface area (Å²) in [7, 11) is 2.62. The van der Waals surface area contributed by atoms with Crippen LogP contribution in [0.1, 0.15) is 16.7 Å². The standard InChI is InChI=1S/C24H23N3O8/c1-4-5-17-10-16(11-19-23(29)26(24(30)25-19)13-21(28)34-3)12-20(33-2)22(17)35-14-15-6-8-18(9-7-15)27(31)32/h4,6-12H,1,5,13-14H2,2-3H3,(H,25,30)/b19-11+. The van der Waals surface area contributed by atoms with Crippen molar-refractivity contribution in [2.24, 2.45) is 0 Å². The monoisotopic (exact) mass is 481 g/mol. The Balaban J connectivity index is 1.87. The minimum Gasteiger partial charge on any atom is -0.493 e. The molecule has 1 fully saturated rings. The lowest BCUT2D eigenvalue weighted by Crippen LogP contribution is -2.36. The van der Waals surface area contributed by atoms with Gasteiger partial charge in [-0.1, -0.05) is 6.08 Å². The van der Waals surface area contributed by atoms with Crippen molar-refractivity contribution in [1.29, 1.82) is 0 Å². The lowest BCUT2D eigenvalue weighted by Gasteiger charge is -2.16. The van der Waals surface area contributed by atoms with Gasteiger partial charge in [-0.25, -0.2) is 9.69 Å². The number of methoxy groups -OCH3 is 2. The highest BCUT2D eigenvalue weighted by atomic mass is 16.6. The molecule has 0 spiro atoms. The van der Waals surface area contributed by atoms with Gasteiger partial charge < -0.3 is 19.5 Å². The molecule has 1 heterocycles. The molecule has 0 atom stereocenters. The molecule has 0 saturated carbocycles. The van der Waals surface area contributed by atoms with Gasteiger partial charge >= 0.3 is 12.0 Å². The number of carbonyl (C=O) groups excluding carboxylic acids is 3. The first-order valence-electron chi connectivity index (χ1n) is 10.4. The normalized spacial score (nSPS) is 14.0. The third kappa shape index (κ3) is 5.82. The van der Waals surface area contributed by atoms with Crippen molar-refractivity contribution < 1.29 is 33.5 Å². The van der Waals surface area contributed by atoms with Crippen LogP contribution in [0, 0.1) is 10.1 Å². The third-order valence-corrected chi connectivity index (χ3v) is 5.06. The van der Waals surface area contributed by atoms with Crippen LogP contribution in [0.4, 0.5) is 10.5 Å². The SMILES string of the molecule is C=CCc1cc(/C=C2/NC(=O)N(CC(=O)OC)C2=O)cc(OC)c1OCc1ccc([N+](=O)[O-])cc1. The van der Waals surface area contributed by atoms with Crippen LogP contribution in [0.3, 0.4) is 0 Å². The summed E-state index contributed by atoms with van der Waals surface area (Å²) in [6.07, 6.45) is 3.55. The summed E-state index contributed by atoms with van der Waals surface area (Å²) < 4.78 is 16.0. The van der Waals surface area contributed by atoms with Crippen LogP contribution in [-0.4, -0.2) is 48.5 Å². The molecule has 0 unspecified atom stereocenters. The number of hydrogen-bond donors (Lipinski definition) is 1. The molecule has 182 valence electrons. The number of imide groups is 1. The van der Waals surface area contributed by atoms with E-state index in [1.54, 1.807) is 30.3 Å². The largest absolute Gasteiger partial charge is 0.493 e. The Kier molecular flexibility index (Phi) is 7.82. The summed E-state index contributed by atoms with van der Waals surface area (Å²) in [6, 6.07) is 8.65. The second-order valence-corrected chi connectivity index (χ2v) is 7.37. The molecule has 3 rings (SSSR count). The van der Waals surface area contributed by atoms with E-state index in [0.717, 1.165) is 17.6 Å². The van der Waals surface area contributed by atoms with Crippen LogP contribution in [0.5, 0.6) is 11.5 Å². The second kappa shape index (κ2) is 11.0. The Morgan fingerprint density at radius 2 is 1.91 bits per heavy atom. The summed E-state index contributed by atoms with van der Waals surface area (Å²) in [6.45, 7) is 3.39. The number of amides is 3. The summed E-state index contributed by atoms with van der Waals surface area (Å²) >= 11 is 0. The quantitative estimate of drug-likeness (QED) is 0.137. The zero-order valence-electron chi connectivity index (χ0n) is 19.1. The van der Waals surface area contributed by atoms with Gasteiger partial charge in [-0.05, 0) is 47.9 Å². The molecule has 3 amide bonds. The molecule has 2 aromatic carbocycles. The van der Waals surface area contributed by atoms with E-state index in [-0.39, 0.29) is 18.0 Å². The van der Waals surface area contributed by atoms with Gasteiger partial charge in [-0.15, -0.1) is 6.58 Å². The van der Waals surface area contributed by atoms with E-state index in [2.05, 4.69) is 16.6 Å². The first-order valence-corrected chi connectivity index (χ1v) is 10.4. The van der Waals surface area contributed by atoms with Crippen molar-refractivity contribution in [2.75, 3.05) is 20.8 Å². The average molecular weight is 481 g/mol. The van der Waals surface area contributed by atoms with Crippen molar-refractivity contribution in [1.82, 2.24) is 10.2 Å². The zero-order chi connectivity index (χ0) is 25.5. The molecule has 0 aliphatic carbocycles. The topological polar surface area (TPSA) is 137 Å². The van der Waals surface area contributed by atoms with E-state index in [1.165, 1.54) is 25.3 Å². The van der Waals surface area contributed by atoms with Crippen LogP contribution in [0.25, 0.3) is 6.08 Å². The maximum Gasteiger partial charge on any atom is 0.329 e. The minimum atomic E-state index is -0.729. The van der Waals surface area contributed by atoms with Crippen LogP contribution >= 0.6 is 0 Å². The number of urea groups is 1. The molecule has 11 heteroatoms. The maximum atomic E-state index is 12.6. The summed E-state index contributed by atoms with van der Waals surface area (Å²) in [5.41, 5.74) is 1.94. The smallest absolute Gasteiger partial charge is 0.329 e. The number of nitro benzene ring substituents is 1. The van der Waals surface area contributed by atoms with E-state index < -0.39 is 29.4 Å². The zero-order valence-corrected chi connectivity index (χ0v) is 19.1. The predicted octanol–water partition coefficient (Wildman–Crippen LogP) is 2.98. The van der Waals surface area contributed by atoms with Gasteiger partial charge in [0.15, 0.2) is 11.5 Å². The van der Waals surface area contributed by atoms with Gasteiger partial charge in [0.25, 0.3) is 11.6 Å². The Hall–Kier alpha value is -4.67. The van der Waals surface area contributed by atoms with Crippen molar-refractivity contribution in [2.45, 2.75) is 13.0 Å². The number of non-ortho nitro benzene ring substituents is 1. The van der Waals surface area contributed by atoms with E-state index in [1.807, 2.05) is 0 Å². The number of allylic oxidation sites excluding steroid dienone is 1. The number of esters is 1. The Morgan fingerprint density at radius 1 is 1.20 bits per heavy atom. The molecule has 0 aromatic heterocycles. The highest BCUT2D eigenvalue weighted by Crippen LogP contribution is 2.35. The number of rotatable bonds is 10. The molecule has 1 N–H and O–H groups in total. The number of ether oxygens (including phenoxy) is 3. The number of nitrogens with zero attached hydrogens (tertiary/aromatic N) is 2. The van der Waals surface area contributed by atoms with Gasteiger partial charge in [0.2, 0.25) is 0 Å². The molecule has 35 heavy (non-hydrogen) atoms. The summed E-state index contributed by atoms with van der Waals surface area (Å²) in [4.78, 5) is 47.3. The van der Waals surface area contributed by atoms with Crippen LogP contribution in [0.2, 0.25) is 0 Å². The fourth-order valence-corrected chi connectivity index (χ4v) is 3.33. The third-order valence-electron chi connectivity index (χ3n) is 5.06. The van der Waals surface area contributed by atoms with Crippen molar-refractivity contribution in [3.63, 3.8) is 0 Å². The molecule has 11 nitrogen and oxygen atoms in total. The van der Waals surface area contributed by atoms with Gasteiger partial charge in [0.1, 0.15) is 18.8 Å². The Morgan fingerprint density at radius 3 is 2.51 bits per heavy atom. The van der Waals surface area contributed by atoms with Gasteiger partial charge in [-0.3, -0.25) is 19.7 Å². The molecule has 1 aliphatic heterocycles. The van der Waals surface area contributed by atoms with Gasteiger partial charge in [-0.2, -0.15) is 0 Å². The molecule has 1 aliphatic rings. The molecule has 1 saturated heterocycles. The first kappa shape index (κ1) is 25.0. The number of benzene rings is 2. The van der Waals surface area contributed by atoms with Crippen molar-refractivity contribution in [3.8, 4) is 11.5 Å². The van der Waals surface area contributed by atoms with Crippen molar-refractivity contribution >= 4 is 29.7 Å². The summed E-state index contributed by atoms with van der Waals surface area (Å²) in [5, 5.41) is 13.3. The van der Waals surface area contributed by atoms with E-state index in [4.69, 9.17) is 9.47 Å². The number of carbonyl (C=O) groups is 3. The molecule has 0 radical (unpaired) electrons. The van der Waals surface area contributed by atoms with E-state index >= 15 is 0 Å². The van der Waals surface area contributed by atoms with E-state index in [0.29, 0.717) is 29.0 Å². The fraction of sp³-hybridized carbons (Fsp3) is 0.208. The van der Waals surface area contributed by atoms with Crippen LogP contribution in [-0.2, 0) is 27.4 Å². The summed E-state index contributed by atoms with van der Waals surface area (Å²) in [5.74, 6) is -0.564. The molecule has 0 bridgehead atoms. The van der Waals surface area contributed by atoms with E-state index in [9.17, 15) is 24.5 Å². The van der Waals surface area contributed by atoms with Crippen LogP contribution < -0.4 is 14.8 Å². The number of nitro groups is 1.